The third-order valence-electron chi connectivity index (χ3n) is 4.98. The Labute approximate surface area is 189 Å². The van der Waals surface area contributed by atoms with Crippen LogP contribution in [0.3, 0.4) is 0 Å². The number of sulfone groups is 1. The Morgan fingerprint density at radius 2 is 2.06 bits per heavy atom. The molecule has 0 fully saturated rings. The average Bonchev–Trinajstić information content (AvgIpc) is 3.41. The summed E-state index contributed by atoms with van der Waals surface area (Å²) in [6, 6.07) is 8.83. The zero-order chi connectivity index (χ0) is 22.7. The molecule has 0 saturated heterocycles. The molecule has 0 aliphatic rings. The highest BCUT2D eigenvalue weighted by atomic mass is 32.2. The fourth-order valence-corrected chi connectivity index (χ4v) is 5.06. The first-order chi connectivity index (χ1) is 15.4. The van der Waals surface area contributed by atoms with E-state index in [9.17, 15) is 13.2 Å². The highest BCUT2D eigenvalue weighted by molar-refractivity contribution is 7.92. The number of aromatic amines is 1. The lowest BCUT2D eigenvalue weighted by atomic mass is 10.1. The number of pyridine rings is 1. The van der Waals surface area contributed by atoms with Crippen molar-refractivity contribution in [2.75, 3.05) is 6.61 Å². The second kappa shape index (κ2) is 9.17. The zero-order valence-electron chi connectivity index (χ0n) is 17.6. The van der Waals surface area contributed by atoms with Crippen LogP contribution in [0.15, 0.2) is 47.6 Å². The highest BCUT2D eigenvalue weighted by Crippen LogP contribution is 2.33. The molecule has 8 nitrogen and oxygen atoms in total. The van der Waals surface area contributed by atoms with E-state index in [0.29, 0.717) is 46.7 Å². The van der Waals surface area contributed by atoms with Crippen LogP contribution in [0.1, 0.15) is 39.9 Å². The summed E-state index contributed by atoms with van der Waals surface area (Å²) in [5.41, 5.74) is 2.14. The van der Waals surface area contributed by atoms with Crippen molar-refractivity contribution in [2.45, 2.75) is 36.8 Å². The van der Waals surface area contributed by atoms with Crippen molar-refractivity contribution in [2.24, 2.45) is 0 Å². The molecule has 0 saturated carbocycles. The fourth-order valence-electron chi connectivity index (χ4n) is 3.22. The van der Waals surface area contributed by atoms with E-state index in [1.54, 1.807) is 26.1 Å². The predicted molar refractivity (Wildman–Crippen MR) is 122 cm³/mol. The lowest BCUT2D eigenvalue weighted by Gasteiger charge is -2.12. The van der Waals surface area contributed by atoms with E-state index in [2.05, 4.69) is 20.2 Å². The van der Waals surface area contributed by atoms with Gasteiger partial charge in [-0.05, 0) is 32.0 Å². The third-order valence-corrected chi connectivity index (χ3v) is 8.04. The van der Waals surface area contributed by atoms with Gasteiger partial charge in [0.15, 0.2) is 16.1 Å². The van der Waals surface area contributed by atoms with Crippen LogP contribution >= 0.6 is 11.3 Å². The van der Waals surface area contributed by atoms with Gasteiger partial charge in [0.25, 0.3) is 0 Å². The zero-order valence-corrected chi connectivity index (χ0v) is 19.2. The molecular formula is C22H22N4O4S2. The number of rotatable bonds is 9. The molecule has 4 aromatic rings. The first-order valence-electron chi connectivity index (χ1n) is 10.1. The molecule has 1 aromatic carbocycles. The molecule has 0 aliphatic carbocycles. The van der Waals surface area contributed by atoms with Crippen LogP contribution in [0.4, 0.5) is 0 Å². The minimum atomic E-state index is -3.53. The Bertz CT molecular complexity index is 1350. The number of carbonyl (C=O) groups is 1. The van der Waals surface area contributed by atoms with Crippen LogP contribution in [0.25, 0.3) is 10.9 Å². The second-order valence-corrected chi connectivity index (χ2v) is 11.1. The number of thiazole rings is 1. The summed E-state index contributed by atoms with van der Waals surface area (Å²) in [5, 5.41) is 8.18. The molecule has 166 valence electrons. The molecule has 0 spiro atoms. The van der Waals surface area contributed by atoms with Gasteiger partial charge in [0.2, 0.25) is 0 Å². The van der Waals surface area contributed by atoms with E-state index in [0.717, 1.165) is 17.0 Å². The number of carbonyl (C=O) groups excluding carboxylic acids is 1. The molecule has 0 radical (unpaired) electrons. The maximum Gasteiger partial charge on any atom is 0.180 e. The first-order valence-corrected chi connectivity index (χ1v) is 12.4. The number of H-pyrrole nitrogens is 1. The minimum absolute atomic E-state index is 0.184. The number of nitrogens with zero attached hydrogens (tertiary/aromatic N) is 3. The SMILES string of the molecule is CC(C)S(=O)(=O)c1cc(OCCc2ccccn2)c2n[nH]c(Cc3ncc(C=O)s3)c2c1. The van der Waals surface area contributed by atoms with Crippen molar-refractivity contribution in [3.63, 3.8) is 0 Å². The van der Waals surface area contributed by atoms with Crippen molar-refractivity contribution >= 4 is 38.4 Å². The first kappa shape index (κ1) is 22.1. The molecule has 0 bridgehead atoms. The van der Waals surface area contributed by atoms with Gasteiger partial charge in [-0.15, -0.1) is 11.3 Å². The predicted octanol–water partition coefficient (Wildman–Crippen LogP) is 3.62. The number of aromatic nitrogens is 4. The van der Waals surface area contributed by atoms with Crippen molar-refractivity contribution in [1.29, 1.82) is 0 Å². The maximum absolute atomic E-state index is 12.9. The Hall–Kier alpha value is -3.11. The minimum Gasteiger partial charge on any atom is -0.491 e. The summed E-state index contributed by atoms with van der Waals surface area (Å²) < 4.78 is 31.8. The van der Waals surface area contributed by atoms with Crippen LogP contribution in [0, 0.1) is 0 Å². The molecule has 0 aliphatic heterocycles. The summed E-state index contributed by atoms with van der Waals surface area (Å²) >= 11 is 1.29. The van der Waals surface area contributed by atoms with Crippen molar-refractivity contribution in [3.8, 4) is 5.75 Å². The Balaban J connectivity index is 1.70. The van der Waals surface area contributed by atoms with Gasteiger partial charge in [-0.1, -0.05) is 6.07 Å². The molecule has 3 aromatic heterocycles. The van der Waals surface area contributed by atoms with E-state index in [1.165, 1.54) is 23.6 Å². The third kappa shape index (κ3) is 4.56. The van der Waals surface area contributed by atoms with Gasteiger partial charge < -0.3 is 4.74 Å². The number of hydrogen-bond acceptors (Lipinski definition) is 8. The molecule has 3 heterocycles. The second-order valence-electron chi connectivity index (χ2n) is 7.48. The van der Waals surface area contributed by atoms with Crippen molar-refractivity contribution < 1.29 is 17.9 Å². The molecule has 1 N–H and O–H groups in total. The van der Waals surface area contributed by atoms with E-state index in [-0.39, 0.29) is 4.90 Å². The number of hydrogen-bond donors (Lipinski definition) is 1. The van der Waals surface area contributed by atoms with Gasteiger partial charge in [0.05, 0.1) is 32.3 Å². The van der Waals surface area contributed by atoms with Crippen molar-refractivity contribution in [3.05, 3.63) is 64.0 Å². The van der Waals surface area contributed by atoms with E-state index < -0.39 is 15.1 Å². The van der Waals surface area contributed by atoms with Crippen LogP contribution in [-0.4, -0.2) is 46.7 Å². The molecular weight excluding hydrogens is 448 g/mol. The van der Waals surface area contributed by atoms with E-state index >= 15 is 0 Å². The summed E-state index contributed by atoms with van der Waals surface area (Å²) in [5.74, 6) is 0.396. The van der Waals surface area contributed by atoms with Gasteiger partial charge >= 0.3 is 0 Å². The molecule has 4 rings (SSSR count). The quantitative estimate of drug-likeness (QED) is 0.372. The van der Waals surface area contributed by atoms with Gasteiger partial charge in [0.1, 0.15) is 11.3 Å². The number of ether oxygens (including phenoxy) is 1. The van der Waals surface area contributed by atoms with Gasteiger partial charge in [-0.3, -0.25) is 14.9 Å². The monoisotopic (exact) mass is 470 g/mol. The summed E-state index contributed by atoms with van der Waals surface area (Å²) in [6.07, 6.45) is 4.97. The van der Waals surface area contributed by atoms with Crippen LogP contribution in [-0.2, 0) is 22.7 Å². The molecule has 0 atom stereocenters. The van der Waals surface area contributed by atoms with Gasteiger partial charge in [-0.25, -0.2) is 13.4 Å². The lowest BCUT2D eigenvalue weighted by molar-refractivity contribution is 0.112. The molecule has 10 heteroatoms. The molecule has 0 unspecified atom stereocenters. The lowest BCUT2D eigenvalue weighted by Crippen LogP contribution is -2.14. The highest BCUT2D eigenvalue weighted by Gasteiger charge is 2.23. The smallest absolute Gasteiger partial charge is 0.180 e. The van der Waals surface area contributed by atoms with Gasteiger partial charge in [0, 0.05) is 42.4 Å². The number of fused-ring (bicyclic) bond motifs is 1. The standard InChI is InChI=1S/C22H22N4O4S2/c1-14(2)32(28,29)17-9-18-19(11-21-24-12-16(13-27)31-21)25-26-22(18)20(10-17)30-8-6-15-5-3-4-7-23-15/h3-5,7,9-10,12-14H,6,8,11H2,1-2H3,(H,25,26). The maximum atomic E-state index is 12.9. The largest absolute Gasteiger partial charge is 0.491 e. The number of aldehydes is 1. The van der Waals surface area contributed by atoms with Crippen LogP contribution < -0.4 is 4.74 Å². The summed E-state index contributed by atoms with van der Waals surface area (Å²) in [4.78, 5) is 20.2. The van der Waals surface area contributed by atoms with E-state index in [1.807, 2.05) is 18.2 Å². The summed E-state index contributed by atoms with van der Waals surface area (Å²) in [6.45, 7) is 3.62. The van der Waals surface area contributed by atoms with E-state index in [4.69, 9.17) is 4.74 Å². The van der Waals surface area contributed by atoms with Crippen LogP contribution in [0.2, 0.25) is 0 Å². The molecule has 32 heavy (non-hydrogen) atoms. The average molecular weight is 471 g/mol. The summed E-state index contributed by atoms with van der Waals surface area (Å²) in [7, 11) is -3.53. The number of nitrogens with one attached hydrogen (secondary N) is 1. The van der Waals surface area contributed by atoms with Crippen LogP contribution in [0.5, 0.6) is 5.75 Å². The number of benzene rings is 1. The normalized spacial score (nSPS) is 11.8. The Morgan fingerprint density at radius 1 is 1.22 bits per heavy atom. The van der Waals surface area contributed by atoms with Crippen molar-refractivity contribution in [1.82, 2.24) is 20.2 Å². The Morgan fingerprint density at radius 3 is 2.75 bits per heavy atom. The topological polar surface area (TPSA) is 115 Å². The fraction of sp³-hybridized carbons (Fsp3) is 0.273. The Kier molecular flexibility index (Phi) is 6.33. The van der Waals surface area contributed by atoms with Gasteiger partial charge in [-0.2, -0.15) is 5.10 Å². The molecule has 0 amide bonds.